The Labute approximate surface area is 198 Å². The second kappa shape index (κ2) is 8.78. The molecule has 178 valence electrons. The molecule has 0 aliphatic heterocycles. The van der Waals surface area contributed by atoms with Gasteiger partial charge in [0.15, 0.2) is 0 Å². The van der Waals surface area contributed by atoms with Crippen molar-refractivity contribution >= 4 is 18.0 Å². The molecular weight excluding hydrogens is 432 g/mol. The van der Waals surface area contributed by atoms with E-state index in [0.29, 0.717) is 12.8 Å². The zero-order valence-electron chi connectivity index (χ0n) is 19.3. The molecule has 0 radical (unpaired) electrons. The first-order valence-corrected chi connectivity index (χ1v) is 12.1. The van der Waals surface area contributed by atoms with E-state index in [2.05, 4.69) is 34.9 Å². The molecule has 3 aliphatic rings. The summed E-state index contributed by atoms with van der Waals surface area (Å²) < 4.78 is 5.65. The van der Waals surface area contributed by atoms with Crippen molar-refractivity contribution < 1.29 is 24.2 Å². The van der Waals surface area contributed by atoms with Crippen molar-refractivity contribution in [1.29, 1.82) is 0 Å². The highest BCUT2D eigenvalue weighted by molar-refractivity contribution is 5.87. The van der Waals surface area contributed by atoms with Crippen LogP contribution in [0.15, 0.2) is 48.5 Å². The summed E-state index contributed by atoms with van der Waals surface area (Å²) in [5.74, 6) is -0.762. The molecule has 2 saturated carbocycles. The van der Waals surface area contributed by atoms with Crippen LogP contribution in [0.4, 0.5) is 4.79 Å². The third kappa shape index (κ3) is 4.04. The molecule has 0 aromatic heterocycles. The van der Waals surface area contributed by atoms with Crippen molar-refractivity contribution in [2.24, 2.45) is 11.3 Å². The Bertz CT molecular complexity index is 1090. The summed E-state index contributed by atoms with van der Waals surface area (Å²) in [4.78, 5) is 36.5. The Balaban J connectivity index is 1.16. The van der Waals surface area contributed by atoms with Gasteiger partial charge in [-0.25, -0.2) is 4.79 Å². The van der Waals surface area contributed by atoms with E-state index < -0.39 is 17.5 Å². The maximum absolute atomic E-state index is 12.9. The fourth-order valence-electron chi connectivity index (χ4n) is 5.93. The number of amides is 2. The van der Waals surface area contributed by atoms with E-state index in [4.69, 9.17) is 9.84 Å². The zero-order valence-corrected chi connectivity index (χ0v) is 19.3. The van der Waals surface area contributed by atoms with E-state index >= 15 is 0 Å². The van der Waals surface area contributed by atoms with Gasteiger partial charge in [-0.1, -0.05) is 55.5 Å². The van der Waals surface area contributed by atoms with Gasteiger partial charge in [0.25, 0.3) is 0 Å². The third-order valence-corrected chi connectivity index (χ3v) is 7.78. The third-order valence-electron chi connectivity index (χ3n) is 7.78. The Morgan fingerprint density at radius 2 is 1.71 bits per heavy atom. The van der Waals surface area contributed by atoms with E-state index in [9.17, 15) is 14.4 Å². The van der Waals surface area contributed by atoms with E-state index in [0.717, 1.165) is 12.8 Å². The molecule has 5 rings (SSSR count). The molecule has 3 aliphatic carbocycles. The summed E-state index contributed by atoms with van der Waals surface area (Å²) in [6.07, 6.45) is 2.14. The molecule has 34 heavy (non-hydrogen) atoms. The SMILES string of the molecule is CC[C@H](CC(=O)O)NC(=O)[C@]12C[C@H](NC(=O)OCC3c4ccccc4-c4ccccc43)C[C@H]1C2. The predicted molar refractivity (Wildman–Crippen MR) is 126 cm³/mol. The Morgan fingerprint density at radius 1 is 1.06 bits per heavy atom. The van der Waals surface area contributed by atoms with Crippen molar-refractivity contribution in [2.75, 3.05) is 6.61 Å². The average Bonchev–Trinajstić information content (AvgIpc) is 3.25. The summed E-state index contributed by atoms with van der Waals surface area (Å²) >= 11 is 0. The topological polar surface area (TPSA) is 105 Å². The number of nitrogens with one attached hydrogen (secondary N) is 2. The first kappa shape index (κ1) is 22.4. The van der Waals surface area contributed by atoms with Gasteiger partial charge in [0.1, 0.15) is 6.61 Å². The Hall–Kier alpha value is -3.35. The van der Waals surface area contributed by atoms with Crippen LogP contribution in [0.1, 0.15) is 56.1 Å². The van der Waals surface area contributed by atoms with Crippen LogP contribution in [0.25, 0.3) is 11.1 Å². The monoisotopic (exact) mass is 462 g/mol. The van der Waals surface area contributed by atoms with Crippen molar-refractivity contribution in [3.63, 3.8) is 0 Å². The number of hydrogen-bond acceptors (Lipinski definition) is 4. The smallest absolute Gasteiger partial charge is 0.407 e. The summed E-state index contributed by atoms with van der Waals surface area (Å²) in [6, 6.07) is 15.9. The quantitative estimate of drug-likeness (QED) is 0.549. The van der Waals surface area contributed by atoms with Crippen LogP contribution in [0.5, 0.6) is 0 Å². The van der Waals surface area contributed by atoms with Gasteiger partial charge in [0, 0.05) is 18.0 Å². The highest BCUT2D eigenvalue weighted by Crippen LogP contribution is 2.63. The molecule has 0 spiro atoms. The maximum atomic E-state index is 12.9. The number of rotatable bonds is 8. The van der Waals surface area contributed by atoms with Crippen molar-refractivity contribution in [2.45, 2.75) is 57.0 Å². The molecule has 2 fully saturated rings. The molecule has 0 heterocycles. The number of ether oxygens (including phenoxy) is 1. The van der Waals surface area contributed by atoms with Gasteiger partial charge in [-0.2, -0.15) is 0 Å². The number of hydrogen-bond donors (Lipinski definition) is 3. The van der Waals surface area contributed by atoms with Crippen LogP contribution in [0.3, 0.4) is 0 Å². The first-order valence-electron chi connectivity index (χ1n) is 12.1. The van der Waals surface area contributed by atoms with Crippen molar-refractivity contribution in [1.82, 2.24) is 10.6 Å². The summed E-state index contributed by atoms with van der Waals surface area (Å²) in [5, 5.41) is 14.9. The van der Waals surface area contributed by atoms with Crippen LogP contribution in [-0.2, 0) is 14.3 Å². The lowest BCUT2D eigenvalue weighted by molar-refractivity contribution is -0.138. The average molecular weight is 463 g/mol. The number of fused-ring (bicyclic) bond motifs is 4. The second-order valence-electron chi connectivity index (χ2n) is 9.84. The lowest BCUT2D eigenvalue weighted by Gasteiger charge is -2.21. The summed E-state index contributed by atoms with van der Waals surface area (Å²) in [5.41, 5.74) is 4.23. The first-order chi connectivity index (χ1) is 16.4. The molecule has 7 nitrogen and oxygen atoms in total. The molecule has 2 aromatic carbocycles. The molecule has 3 N–H and O–H groups in total. The fraction of sp³-hybridized carbons (Fsp3) is 0.444. The van der Waals surface area contributed by atoms with Gasteiger partial charge in [0.2, 0.25) is 5.91 Å². The van der Waals surface area contributed by atoms with E-state index in [-0.39, 0.29) is 42.9 Å². The van der Waals surface area contributed by atoms with Crippen LogP contribution in [-0.4, -0.2) is 41.8 Å². The van der Waals surface area contributed by atoms with Gasteiger partial charge in [-0.15, -0.1) is 0 Å². The number of benzene rings is 2. The maximum Gasteiger partial charge on any atom is 0.407 e. The molecule has 0 bridgehead atoms. The van der Waals surface area contributed by atoms with Gasteiger partial charge < -0.3 is 20.5 Å². The fourth-order valence-corrected chi connectivity index (χ4v) is 5.93. The standard InChI is InChI=1S/C27H30N2O5/c1-2-17(12-24(30)31)28-25(32)27-13-16(27)11-18(14-27)29-26(33)34-15-23-21-9-5-3-7-19(21)20-8-4-6-10-22(20)23/h3-10,16-18,23H,2,11-15H2,1H3,(H,28,32)(H,29,33)(H,30,31)/t16-,17+,18+,27+/m0/s1. The highest BCUT2D eigenvalue weighted by Gasteiger charge is 2.65. The molecule has 2 amide bonds. The van der Waals surface area contributed by atoms with Crippen LogP contribution in [0, 0.1) is 11.3 Å². The Morgan fingerprint density at radius 3 is 2.32 bits per heavy atom. The minimum Gasteiger partial charge on any atom is -0.481 e. The highest BCUT2D eigenvalue weighted by atomic mass is 16.5. The van der Waals surface area contributed by atoms with Crippen molar-refractivity contribution in [3.05, 3.63) is 59.7 Å². The van der Waals surface area contributed by atoms with Gasteiger partial charge in [-0.05, 0) is 53.9 Å². The lowest BCUT2D eigenvalue weighted by Crippen LogP contribution is -2.42. The largest absolute Gasteiger partial charge is 0.481 e. The van der Waals surface area contributed by atoms with Gasteiger partial charge in [0.05, 0.1) is 11.8 Å². The van der Waals surface area contributed by atoms with Crippen LogP contribution >= 0.6 is 0 Å². The predicted octanol–water partition coefficient (Wildman–Crippen LogP) is 4.06. The number of carboxylic acid groups (broad SMARTS) is 1. The normalized spacial score (nSPS) is 25.0. The molecular formula is C27H30N2O5. The molecule has 0 saturated heterocycles. The summed E-state index contributed by atoms with van der Waals surface area (Å²) in [6.45, 7) is 2.13. The molecule has 0 unspecified atom stereocenters. The number of carboxylic acids is 1. The number of alkyl carbamates (subject to hydrolysis) is 1. The number of aliphatic carboxylic acids is 1. The van der Waals surface area contributed by atoms with Crippen molar-refractivity contribution in [3.8, 4) is 11.1 Å². The summed E-state index contributed by atoms with van der Waals surface area (Å²) in [7, 11) is 0. The van der Waals surface area contributed by atoms with Crippen LogP contribution in [0.2, 0.25) is 0 Å². The van der Waals surface area contributed by atoms with Gasteiger partial charge in [-0.3, -0.25) is 9.59 Å². The Kier molecular flexibility index (Phi) is 5.80. The zero-order chi connectivity index (χ0) is 23.9. The van der Waals surface area contributed by atoms with E-state index in [1.54, 1.807) is 0 Å². The minimum absolute atomic E-state index is 0.00691. The number of carbonyl (C=O) groups excluding carboxylic acids is 2. The second-order valence-corrected chi connectivity index (χ2v) is 9.84. The lowest BCUT2D eigenvalue weighted by atomic mass is 9.98. The molecule has 4 atom stereocenters. The van der Waals surface area contributed by atoms with Crippen LogP contribution < -0.4 is 10.6 Å². The number of carbonyl (C=O) groups is 3. The molecule has 7 heteroatoms. The van der Waals surface area contributed by atoms with E-state index in [1.807, 2.05) is 31.2 Å². The van der Waals surface area contributed by atoms with E-state index in [1.165, 1.54) is 22.3 Å². The molecule has 2 aromatic rings. The van der Waals surface area contributed by atoms with Gasteiger partial charge >= 0.3 is 12.1 Å². The minimum atomic E-state index is -0.918.